The molecule has 1 aliphatic rings. The molecule has 0 aliphatic heterocycles. The lowest BCUT2D eigenvalue weighted by atomic mass is 10.0. The predicted molar refractivity (Wildman–Crippen MR) is 98.1 cm³/mol. The molecule has 1 saturated carbocycles. The van der Waals surface area contributed by atoms with Crippen molar-refractivity contribution in [3.8, 4) is 16.9 Å². The van der Waals surface area contributed by atoms with E-state index in [0.717, 1.165) is 24.0 Å². The molecule has 3 rings (SSSR count). The average molecular weight is 341 g/mol. The summed E-state index contributed by atoms with van der Waals surface area (Å²) in [6, 6.07) is 12.0. The van der Waals surface area contributed by atoms with E-state index in [2.05, 4.69) is 5.32 Å². The van der Waals surface area contributed by atoms with E-state index in [-0.39, 0.29) is 17.4 Å². The normalized spacial score (nSPS) is 12.6. The van der Waals surface area contributed by atoms with Gasteiger partial charge in [-0.25, -0.2) is 4.79 Å². The van der Waals surface area contributed by atoms with Crippen LogP contribution in [0.1, 0.15) is 37.0 Å². The van der Waals surface area contributed by atoms with Crippen LogP contribution < -0.4 is 10.1 Å². The molecule has 2 aromatic carbocycles. The van der Waals surface area contributed by atoms with E-state index >= 15 is 0 Å². The first-order valence-electron chi connectivity index (χ1n) is 8.41. The van der Waals surface area contributed by atoms with Gasteiger partial charge in [-0.2, -0.15) is 0 Å². The molecule has 0 saturated heterocycles. The van der Waals surface area contributed by atoms with Gasteiger partial charge in [0.05, 0.1) is 12.7 Å². The number of carbonyl (C=O) groups is 2. The maximum absolute atomic E-state index is 11.9. The number of carboxylic acids is 1. The predicted octanol–water partition coefficient (Wildman–Crippen LogP) is 4.44. The van der Waals surface area contributed by atoms with E-state index in [9.17, 15) is 9.59 Å². The topological polar surface area (TPSA) is 75.6 Å². The van der Waals surface area contributed by atoms with Gasteiger partial charge in [-0.05, 0) is 48.7 Å². The zero-order chi connectivity index (χ0) is 18.4. The highest BCUT2D eigenvalue weighted by Crippen LogP contribution is 2.34. The van der Waals surface area contributed by atoms with Crippen LogP contribution in [-0.4, -0.2) is 24.1 Å². The minimum Gasteiger partial charge on any atom is -0.496 e. The quantitative estimate of drug-likeness (QED) is 0.843. The highest BCUT2D eigenvalue weighted by Gasteiger charge is 2.29. The summed E-state index contributed by atoms with van der Waals surface area (Å²) in [5.41, 5.74) is 2.57. The van der Waals surface area contributed by atoms with Crippen LogP contribution in [0.2, 0.25) is 0 Å². The lowest BCUT2D eigenvalue weighted by molar-refractivity contribution is -0.117. The molecule has 0 atom stereocenters. The largest absolute Gasteiger partial charge is 0.496 e. The maximum atomic E-state index is 11.9. The van der Waals surface area contributed by atoms with Crippen LogP contribution in [0.4, 0.5) is 5.69 Å². The fraction of sp³-hybridized carbons (Fsp3) is 0.300. The summed E-state index contributed by atoms with van der Waals surface area (Å²) in [7, 11) is 1.58. The Bertz CT molecular complexity index is 749. The summed E-state index contributed by atoms with van der Waals surface area (Å²) in [4.78, 5) is 22.8. The van der Waals surface area contributed by atoms with Crippen LogP contribution in [0.15, 0.2) is 42.5 Å². The van der Waals surface area contributed by atoms with Crippen molar-refractivity contribution in [3.05, 3.63) is 48.0 Å². The van der Waals surface area contributed by atoms with Gasteiger partial charge in [0.15, 0.2) is 0 Å². The third-order valence-electron chi connectivity index (χ3n) is 3.86. The number of carboxylic acid groups (broad SMARTS) is 1. The molecule has 0 radical (unpaired) electrons. The van der Waals surface area contributed by atoms with Gasteiger partial charge in [-0.15, -0.1) is 0 Å². The molecule has 5 nitrogen and oxygen atoms in total. The number of ether oxygens (including phenoxy) is 1. The molecule has 0 bridgehead atoms. The van der Waals surface area contributed by atoms with Crippen molar-refractivity contribution < 1.29 is 19.4 Å². The van der Waals surface area contributed by atoms with Crippen LogP contribution in [0.5, 0.6) is 5.75 Å². The third-order valence-corrected chi connectivity index (χ3v) is 3.86. The van der Waals surface area contributed by atoms with Gasteiger partial charge >= 0.3 is 5.97 Å². The molecular formula is C20H23NO4. The fourth-order valence-electron chi connectivity index (χ4n) is 2.39. The van der Waals surface area contributed by atoms with Gasteiger partial charge in [0.2, 0.25) is 5.91 Å². The Morgan fingerprint density at radius 3 is 2.24 bits per heavy atom. The average Bonchev–Trinajstić information content (AvgIpc) is 3.48. The maximum Gasteiger partial charge on any atom is 0.335 e. The number of hydrogen-bond acceptors (Lipinski definition) is 3. The van der Waals surface area contributed by atoms with Crippen molar-refractivity contribution in [3.63, 3.8) is 0 Å². The number of methoxy groups -OCH3 is 1. The first kappa shape index (κ1) is 18.5. The molecule has 1 fully saturated rings. The van der Waals surface area contributed by atoms with Crippen molar-refractivity contribution in [1.29, 1.82) is 0 Å². The van der Waals surface area contributed by atoms with Gasteiger partial charge in [0, 0.05) is 17.2 Å². The fourth-order valence-corrected chi connectivity index (χ4v) is 2.39. The molecule has 5 heteroatoms. The van der Waals surface area contributed by atoms with Crippen LogP contribution in [0.3, 0.4) is 0 Å². The number of hydrogen-bond donors (Lipinski definition) is 2. The van der Waals surface area contributed by atoms with Crippen molar-refractivity contribution >= 4 is 17.6 Å². The van der Waals surface area contributed by atoms with Crippen LogP contribution in [0.25, 0.3) is 11.1 Å². The van der Waals surface area contributed by atoms with Crippen LogP contribution >= 0.6 is 0 Å². The molecule has 0 aromatic heterocycles. The second kappa shape index (κ2) is 8.33. The second-order valence-corrected chi connectivity index (χ2v) is 5.56. The number of aromatic carboxylic acids is 1. The monoisotopic (exact) mass is 341 g/mol. The number of rotatable bonds is 5. The first-order valence-corrected chi connectivity index (χ1v) is 8.41. The lowest BCUT2D eigenvalue weighted by Gasteiger charge is -2.12. The summed E-state index contributed by atoms with van der Waals surface area (Å²) in [5, 5.41) is 11.9. The third kappa shape index (κ3) is 4.59. The molecule has 1 aliphatic carbocycles. The van der Waals surface area contributed by atoms with Crippen molar-refractivity contribution in [2.75, 3.05) is 12.4 Å². The Hall–Kier alpha value is -2.82. The van der Waals surface area contributed by atoms with Crippen molar-refractivity contribution in [1.82, 2.24) is 0 Å². The Labute approximate surface area is 147 Å². The van der Waals surface area contributed by atoms with Gasteiger partial charge < -0.3 is 15.2 Å². The van der Waals surface area contributed by atoms with E-state index in [1.165, 1.54) is 0 Å². The molecule has 0 unspecified atom stereocenters. The van der Waals surface area contributed by atoms with E-state index in [1.54, 1.807) is 43.5 Å². The Balaban J connectivity index is 0.00000109. The number of nitrogens with one attached hydrogen (secondary N) is 1. The summed E-state index contributed by atoms with van der Waals surface area (Å²) in [5.74, 6) is -0.121. The van der Waals surface area contributed by atoms with E-state index in [0.29, 0.717) is 11.4 Å². The minimum absolute atomic E-state index is 0.0438. The van der Waals surface area contributed by atoms with Gasteiger partial charge in [0.25, 0.3) is 0 Å². The number of anilines is 1. The van der Waals surface area contributed by atoms with E-state index in [4.69, 9.17) is 9.84 Å². The minimum atomic E-state index is -0.964. The zero-order valence-corrected chi connectivity index (χ0v) is 14.7. The molecule has 0 spiro atoms. The smallest absolute Gasteiger partial charge is 0.335 e. The Morgan fingerprint density at radius 1 is 1.08 bits per heavy atom. The molecule has 2 N–H and O–H groups in total. The second-order valence-electron chi connectivity index (χ2n) is 5.56. The van der Waals surface area contributed by atoms with Crippen molar-refractivity contribution in [2.24, 2.45) is 5.92 Å². The summed E-state index contributed by atoms with van der Waals surface area (Å²) >= 11 is 0. The molecule has 0 heterocycles. The Kier molecular flexibility index (Phi) is 6.17. The SMILES string of the molecule is CC.COc1ccc(NC(=O)C2CC2)cc1-c1ccc(C(=O)O)cc1. The van der Waals surface area contributed by atoms with Crippen LogP contribution in [0, 0.1) is 5.92 Å². The lowest BCUT2D eigenvalue weighted by Crippen LogP contribution is -2.13. The molecule has 25 heavy (non-hydrogen) atoms. The number of carbonyl (C=O) groups excluding carboxylic acids is 1. The standard InChI is InChI=1S/C18H17NO4.C2H6/c1-23-16-9-8-14(19-17(20)12-4-5-12)10-15(16)11-2-6-13(7-3-11)18(21)22;1-2/h2-3,6-10,12H,4-5H2,1H3,(H,19,20)(H,21,22);1-2H3. The Morgan fingerprint density at radius 2 is 1.72 bits per heavy atom. The van der Waals surface area contributed by atoms with E-state index < -0.39 is 5.97 Å². The molecule has 132 valence electrons. The van der Waals surface area contributed by atoms with E-state index in [1.807, 2.05) is 19.9 Å². The number of benzene rings is 2. The zero-order valence-electron chi connectivity index (χ0n) is 14.7. The van der Waals surface area contributed by atoms with Crippen LogP contribution in [-0.2, 0) is 4.79 Å². The summed E-state index contributed by atoms with van der Waals surface area (Å²) in [6.07, 6.45) is 1.90. The highest BCUT2D eigenvalue weighted by atomic mass is 16.5. The molecule has 1 amide bonds. The highest BCUT2D eigenvalue weighted by molar-refractivity contribution is 5.95. The summed E-state index contributed by atoms with van der Waals surface area (Å²) in [6.45, 7) is 4.00. The molecular weight excluding hydrogens is 318 g/mol. The van der Waals surface area contributed by atoms with Gasteiger partial charge in [-0.3, -0.25) is 4.79 Å². The first-order chi connectivity index (χ1) is 12.1. The molecule has 2 aromatic rings. The van der Waals surface area contributed by atoms with Gasteiger partial charge in [0.1, 0.15) is 5.75 Å². The summed E-state index contributed by atoms with van der Waals surface area (Å²) < 4.78 is 5.37. The van der Waals surface area contributed by atoms with Gasteiger partial charge in [-0.1, -0.05) is 26.0 Å². The number of amides is 1. The van der Waals surface area contributed by atoms with Crippen molar-refractivity contribution in [2.45, 2.75) is 26.7 Å².